The number of nitrogens with one attached hydrogen (secondary N) is 1. The third kappa shape index (κ3) is 4.05. The fraction of sp³-hybridized carbons (Fsp3) is 0.0588. The first kappa shape index (κ1) is 19.9. The van der Waals surface area contributed by atoms with E-state index in [4.69, 9.17) is 0 Å². The van der Waals surface area contributed by atoms with Crippen LogP contribution in [0.5, 0.6) is 0 Å². The zero-order valence-electron chi connectivity index (χ0n) is 14.1. The molecule has 1 N–H and O–H groups in total. The lowest BCUT2D eigenvalue weighted by atomic mass is 10.1. The number of rotatable bonds is 4. The van der Waals surface area contributed by atoms with Crippen LogP contribution in [0.3, 0.4) is 0 Å². The molecule has 0 unspecified atom stereocenters. The van der Waals surface area contributed by atoms with E-state index in [1.165, 1.54) is 6.07 Å². The third-order valence-electron chi connectivity index (χ3n) is 3.75. The molecule has 0 aliphatic carbocycles. The van der Waals surface area contributed by atoms with Crippen molar-refractivity contribution in [1.29, 1.82) is 0 Å². The van der Waals surface area contributed by atoms with Gasteiger partial charge >= 0.3 is 6.18 Å². The van der Waals surface area contributed by atoms with Crippen LogP contribution in [-0.4, -0.2) is 20.6 Å². The number of hydrogen-bond donors (Lipinski definition) is 1. The van der Waals surface area contributed by atoms with Gasteiger partial charge in [-0.05, 0) is 12.1 Å². The molecule has 0 spiro atoms. The first-order valence-corrected chi connectivity index (χ1v) is 7.75. The fourth-order valence-electron chi connectivity index (χ4n) is 2.50. The van der Waals surface area contributed by atoms with E-state index in [0.29, 0.717) is 16.8 Å². The second-order valence-corrected chi connectivity index (χ2v) is 5.66. The zero-order chi connectivity index (χ0) is 21.3. The van der Waals surface area contributed by atoms with Crippen molar-refractivity contribution in [3.05, 3.63) is 81.5 Å². The van der Waals surface area contributed by atoms with Crippen molar-refractivity contribution < 1.29 is 31.7 Å². The zero-order valence-corrected chi connectivity index (χ0v) is 14.1. The molecule has 0 saturated carbocycles. The Balaban J connectivity index is 1.89. The summed E-state index contributed by atoms with van der Waals surface area (Å²) in [6, 6.07) is 6.11. The van der Waals surface area contributed by atoms with E-state index in [-0.39, 0.29) is 5.82 Å². The molecule has 29 heavy (non-hydrogen) atoms. The number of halogens is 5. The maximum absolute atomic E-state index is 14.1. The van der Waals surface area contributed by atoms with Gasteiger partial charge in [-0.25, -0.2) is 13.5 Å². The first-order chi connectivity index (χ1) is 13.6. The smallest absolute Gasteiger partial charge is 0.305 e. The van der Waals surface area contributed by atoms with Crippen molar-refractivity contribution in [1.82, 2.24) is 9.78 Å². The molecule has 0 bridgehead atoms. The molecule has 0 fully saturated rings. The van der Waals surface area contributed by atoms with Gasteiger partial charge in [0.15, 0.2) is 17.5 Å². The lowest BCUT2D eigenvalue weighted by Gasteiger charge is -2.11. The van der Waals surface area contributed by atoms with Gasteiger partial charge in [-0.15, -0.1) is 5.10 Å². The SMILES string of the molecule is O=C(Nc1ccn(-c2c(F)cc([N+](=O)[O-])cc2F)n1)c1ccccc1C(F)(F)F. The number of nitro groups is 1. The van der Waals surface area contributed by atoms with Crippen molar-refractivity contribution in [2.24, 2.45) is 0 Å². The number of nitrogens with zero attached hydrogens (tertiary/aromatic N) is 3. The van der Waals surface area contributed by atoms with Crippen molar-refractivity contribution in [2.45, 2.75) is 6.18 Å². The minimum absolute atomic E-state index is 0.288. The molecule has 3 rings (SSSR count). The number of non-ortho nitro benzene ring substituents is 1. The Hall–Kier alpha value is -3.83. The van der Waals surface area contributed by atoms with Gasteiger partial charge in [0, 0.05) is 12.3 Å². The number of alkyl halides is 3. The number of amides is 1. The third-order valence-corrected chi connectivity index (χ3v) is 3.75. The largest absolute Gasteiger partial charge is 0.417 e. The van der Waals surface area contributed by atoms with Crippen molar-refractivity contribution in [2.75, 3.05) is 5.32 Å². The number of anilines is 1. The summed E-state index contributed by atoms with van der Waals surface area (Å²) in [5.74, 6) is -4.00. The summed E-state index contributed by atoms with van der Waals surface area (Å²) in [6.45, 7) is 0. The predicted molar refractivity (Wildman–Crippen MR) is 89.5 cm³/mol. The number of nitro benzene ring substituents is 1. The van der Waals surface area contributed by atoms with Crippen molar-refractivity contribution >= 4 is 17.4 Å². The van der Waals surface area contributed by atoms with E-state index in [1.807, 2.05) is 0 Å². The van der Waals surface area contributed by atoms with Crippen molar-refractivity contribution in [3.8, 4) is 5.69 Å². The van der Waals surface area contributed by atoms with Gasteiger partial charge in [-0.3, -0.25) is 14.9 Å². The van der Waals surface area contributed by atoms with E-state index >= 15 is 0 Å². The molecule has 1 amide bonds. The monoisotopic (exact) mass is 412 g/mol. The Kier molecular flexibility index (Phi) is 5.01. The van der Waals surface area contributed by atoms with E-state index in [0.717, 1.165) is 30.5 Å². The summed E-state index contributed by atoms with van der Waals surface area (Å²) in [4.78, 5) is 21.8. The van der Waals surface area contributed by atoms with E-state index < -0.39 is 51.1 Å². The van der Waals surface area contributed by atoms with Crippen LogP contribution >= 0.6 is 0 Å². The lowest BCUT2D eigenvalue weighted by Crippen LogP contribution is -2.19. The molecule has 0 radical (unpaired) electrons. The van der Waals surface area contributed by atoms with Gasteiger partial charge in [0.1, 0.15) is 5.69 Å². The quantitative estimate of drug-likeness (QED) is 0.392. The topological polar surface area (TPSA) is 90.1 Å². The average Bonchev–Trinajstić information content (AvgIpc) is 3.08. The molecule has 7 nitrogen and oxygen atoms in total. The predicted octanol–water partition coefficient (Wildman–Crippen LogP) is 4.33. The van der Waals surface area contributed by atoms with Gasteiger partial charge in [-0.2, -0.15) is 13.2 Å². The van der Waals surface area contributed by atoms with Crippen LogP contribution in [0.4, 0.5) is 33.5 Å². The van der Waals surface area contributed by atoms with Gasteiger partial charge < -0.3 is 5.32 Å². The highest BCUT2D eigenvalue weighted by Crippen LogP contribution is 2.32. The number of hydrogen-bond acceptors (Lipinski definition) is 4. The number of carbonyl (C=O) groups excluding carboxylic acids is 1. The summed E-state index contributed by atoms with van der Waals surface area (Å²) in [7, 11) is 0. The standard InChI is InChI=1S/C17H9F5N4O3/c18-12-7-9(26(28)29)8-13(19)15(12)25-6-5-14(24-25)23-16(27)10-3-1-2-4-11(10)17(20,21)22/h1-8H,(H,23,24,27). The van der Waals surface area contributed by atoms with Crippen LogP contribution in [0.2, 0.25) is 0 Å². The van der Waals surface area contributed by atoms with Gasteiger partial charge in [0.25, 0.3) is 11.6 Å². The molecule has 0 atom stereocenters. The minimum atomic E-state index is -4.77. The van der Waals surface area contributed by atoms with Crippen LogP contribution in [0.1, 0.15) is 15.9 Å². The maximum Gasteiger partial charge on any atom is 0.417 e. The van der Waals surface area contributed by atoms with Crippen LogP contribution in [-0.2, 0) is 6.18 Å². The van der Waals surface area contributed by atoms with Crippen LogP contribution < -0.4 is 5.32 Å². The van der Waals surface area contributed by atoms with Crippen molar-refractivity contribution in [3.63, 3.8) is 0 Å². The second kappa shape index (κ2) is 7.30. The second-order valence-electron chi connectivity index (χ2n) is 5.66. The normalized spacial score (nSPS) is 11.3. The highest BCUT2D eigenvalue weighted by Gasteiger charge is 2.35. The summed E-state index contributed by atoms with van der Waals surface area (Å²) < 4.78 is 67.8. The summed E-state index contributed by atoms with van der Waals surface area (Å²) in [5, 5.41) is 16.4. The van der Waals surface area contributed by atoms with Crippen LogP contribution in [0.25, 0.3) is 5.69 Å². The molecule has 150 valence electrons. The molecule has 0 aliphatic rings. The Labute approximate surface area is 158 Å². The Bertz CT molecular complexity index is 1090. The van der Waals surface area contributed by atoms with Crippen LogP contribution in [0, 0.1) is 21.7 Å². The highest BCUT2D eigenvalue weighted by atomic mass is 19.4. The first-order valence-electron chi connectivity index (χ1n) is 7.75. The number of aromatic nitrogens is 2. The molecular weight excluding hydrogens is 403 g/mol. The number of benzene rings is 2. The summed E-state index contributed by atoms with van der Waals surface area (Å²) >= 11 is 0. The molecule has 12 heteroatoms. The van der Waals surface area contributed by atoms with Gasteiger partial charge in [0.2, 0.25) is 0 Å². The van der Waals surface area contributed by atoms with Gasteiger partial charge in [-0.1, -0.05) is 12.1 Å². The fourth-order valence-corrected chi connectivity index (χ4v) is 2.50. The molecule has 0 saturated heterocycles. The Morgan fingerprint density at radius 3 is 2.31 bits per heavy atom. The average molecular weight is 412 g/mol. The summed E-state index contributed by atoms with van der Waals surface area (Å²) in [5.41, 5.74) is -3.40. The molecule has 3 aromatic rings. The Morgan fingerprint density at radius 1 is 1.10 bits per heavy atom. The molecule has 2 aromatic carbocycles. The molecule has 1 heterocycles. The maximum atomic E-state index is 14.1. The molecule has 0 aliphatic heterocycles. The highest BCUT2D eigenvalue weighted by molar-refractivity contribution is 6.04. The summed E-state index contributed by atoms with van der Waals surface area (Å²) in [6.07, 6.45) is -3.74. The van der Waals surface area contributed by atoms with E-state index in [9.17, 15) is 36.9 Å². The molecule has 1 aromatic heterocycles. The Morgan fingerprint density at radius 2 is 1.72 bits per heavy atom. The van der Waals surface area contributed by atoms with E-state index in [1.54, 1.807) is 0 Å². The lowest BCUT2D eigenvalue weighted by molar-refractivity contribution is -0.385. The van der Waals surface area contributed by atoms with Crippen LogP contribution in [0.15, 0.2) is 48.7 Å². The minimum Gasteiger partial charge on any atom is -0.305 e. The van der Waals surface area contributed by atoms with E-state index in [2.05, 4.69) is 10.4 Å². The number of carbonyl (C=O) groups is 1. The van der Waals surface area contributed by atoms with Gasteiger partial charge in [0.05, 0.1) is 28.2 Å². The molecular formula is C17H9F5N4O3.